The van der Waals surface area contributed by atoms with Gasteiger partial charge in [-0.2, -0.15) is 0 Å². The largest absolute Gasteiger partial charge is 0.149 e. The van der Waals surface area contributed by atoms with E-state index in [9.17, 15) is 0 Å². The van der Waals surface area contributed by atoms with Crippen molar-refractivity contribution in [2.24, 2.45) is 0 Å². The summed E-state index contributed by atoms with van der Waals surface area (Å²) in [5, 5.41) is 2.95. The van der Waals surface area contributed by atoms with E-state index in [2.05, 4.69) is 23.6 Å². The monoisotopic (exact) mass is 208 g/mol. The van der Waals surface area contributed by atoms with Gasteiger partial charge in [0.15, 0.2) is 0 Å². The average molecular weight is 209 g/mol. The van der Waals surface area contributed by atoms with E-state index in [1.165, 1.54) is 10.4 Å². The maximum atomic E-state index is 6.05. The molecular weight excluding hydrogens is 200 g/mol. The van der Waals surface area contributed by atoms with Crippen LogP contribution in [0.1, 0.15) is 10.4 Å². The summed E-state index contributed by atoms with van der Waals surface area (Å²) in [5.74, 6) is 0. The summed E-state index contributed by atoms with van der Waals surface area (Å²) in [6.45, 7) is 0. The van der Waals surface area contributed by atoms with Crippen molar-refractivity contribution in [1.82, 2.24) is 0 Å². The van der Waals surface area contributed by atoms with Gasteiger partial charge in [-0.15, -0.1) is 11.3 Å². The Bertz CT molecular complexity index is 379. The molecule has 0 aliphatic carbocycles. The van der Waals surface area contributed by atoms with E-state index in [4.69, 9.17) is 11.6 Å². The summed E-state index contributed by atoms with van der Waals surface area (Å²) in [4.78, 5) is 1.35. The molecule has 0 saturated carbocycles. The first-order valence-electron chi connectivity index (χ1n) is 4.12. The fourth-order valence-corrected chi connectivity index (χ4v) is 2.17. The van der Waals surface area contributed by atoms with Gasteiger partial charge in [0.05, 0.1) is 0 Å². The topological polar surface area (TPSA) is 0 Å². The van der Waals surface area contributed by atoms with E-state index >= 15 is 0 Å². The molecule has 2 heteroatoms. The van der Waals surface area contributed by atoms with E-state index < -0.39 is 0 Å². The Morgan fingerprint density at radius 3 is 2.62 bits per heavy atom. The molecule has 0 aliphatic heterocycles. The molecule has 2 rings (SSSR count). The van der Waals surface area contributed by atoms with Gasteiger partial charge < -0.3 is 0 Å². The first-order chi connectivity index (χ1) is 6.36. The molecule has 0 fully saturated rings. The molecular formula is C11H9ClS. The lowest BCUT2D eigenvalue weighted by Gasteiger charge is -2.00. The van der Waals surface area contributed by atoms with Crippen molar-refractivity contribution in [3.63, 3.8) is 0 Å². The van der Waals surface area contributed by atoms with Crippen LogP contribution in [-0.4, -0.2) is 0 Å². The number of halogens is 1. The lowest BCUT2D eigenvalue weighted by atomic mass is 10.1. The minimum Gasteiger partial charge on any atom is -0.149 e. The zero-order chi connectivity index (χ0) is 9.10. The van der Waals surface area contributed by atoms with Crippen molar-refractivity contribution < 1.29 is 0 Å². The Kier molecular flexibility index (Phi) is 2.67. The van der Waals surface area contributed by atoms with E-state index in [1.807, 2.05) is 18.2 Å². The summed E-state index contributed by atoms with van der Waals surface area (Å²) in [5.41, 5.74) is 1.20. The second-order valence-electron chi connectivity index (χ2n) is 2.85. The minimum atomic E-state index is 0.857. The van der Waals surface area contributed by atoms with Crippen molar-refractivity contribution in [1.29, 1.82) is 0 Å². The van der Waals surface area contributed by atoms with Crippen LogP contribution in [0, 0.1) is 0 Å². The normalized spacial score (nSPS) is 10.2. The van der Waals surface area contributed by atoms with Gasteiger partial charge in [-0.1, -0.05) is 35.9 Å². The fourth-order valence-electron chi connectivity index (χ4n) is 1.24. The molecule has 66 valence electrons. The molecule has 0 N–H and O–H groups in total. The number of benzene rings is 1. The third-order valence-corrected chi connectivity index (χ3v) is 3.15. The van der Waals surface area contributed by atoms with Crippen LogP contribution in [-0.2, 0) is 6.42 Å². The van der Waals surface area contributed by atoms with Crippen LogP contribution >= 0.6 is 22.9 Å². The van der Waals surface area contributed by atoms with Crippen molar-refractivity contribution in [3.05, 3.63) is 57.2 Å². The molecule has 0 spiro atoms. The van der Waals surface area contributed by atoms with E-state index in [1.54, 1.807) is 11.3 Å². The number of hydrogen-bond acceptors (Lipinski definition) is 1. The second kappa shape index (κ2) is 3.95. The molecule has 1 heterocycles. The number of hydrogen-bond donors (Lipinski definition) is 0. The Morgan fingerprint density at radius 2 is 1.92 bits per heavy atom. The minimum absolute atomic E-state index is 0.857. The highest BCUT2D eigenvalue weighted by Gasteiger charge is 2.00. The van der Waals surface area contributed by atoms with Gasteiger partial charge in [0.25, 0.3) is 0 Å². The van der Waals surface area contributed by atoms with Crippen LogP contribution in [0.4, 0.5) is 0 Å². The highest BCUT2D eigenvalue weighted by Crippen LogP contribution is 2.20. The van der Waals surface area contributed by atoms with Gasteiger partial charge in [-0.3, -0.25) is 0 Å². The molecule has 0 radical (unpaired) electrons. The van der Waals surface area contributed by atoms with Crippen LogP contribution < -0.4 is 0 Å². The average Bonchev–Trinajstić information content (AvgIpc) is 2.61. The van der Waals surface area contributed by atoms with Gasteiger partial charge in [0.2, 0.25) is 0 Å². The molecule has 1 aromatic carbocycles. The maximum Gasteiger partial charge on any atom is 0.0441 e. The third-order valence-electron chi connectivity index (χ3n) is 1.90. The van der Waals surface area contributed by atoms with Crippen molar-refractivity contribution >= 4 is 22.9 Å². The van der Waals surface area contributed by atoms with Crippen LogP contribution in [0.2, 0.25) is 5.02 Å². The Morgan fingerprint density at radius 1 is 1.08 bits per heavy atom. The summed E-state index contributed by atoms with van der Waals surface area (Å²) < 4.78 is 0. The molecule has 0 saturated heterocycles. The van der Waals surface area contributed by atoms with Gasteiger partial charge in [-0.25, -0.2) is 0 Å². The van der Waals surface area contributed by atoms with Crippen LogP contribution in [0.15, 0.2) is 41.8 Å². The van der Waals surface area contributed by atoms with Crippen molar-refractivity contribution in [2.45, 2.75) is 6.42 Å². The van der Waals surface area contributed by atoms with Crippen LogP contribution in [0.5, 0.6) is 0 Å². The Hall–Kier alpha value is -0.790. The predicted molar refractivity (Wildman–Crippen MR) is 58.6 cm³/mol. The highest BCUT2D eigenvalue weighted by molar-refractivity contribution is 7.09. The van der Waals surface area contributed by atoms with Crippen molar-refractivity contribution in [3.8, 4) is 0 Å². The molecule has 1 aromatic heterocycles. The van der Waals surface area contributed by atoms with E-state index in [0.717, 1.165) is 11.4 Å². The lowest BCUT2D eigenvalue weighted by Crippen LogP contribution is -1.84. The van der Waals surface area contributed by atoms with E-state index in [-0.39, 0.29) is 0 Å². The molecule has 0 aliphatic rings. The number of rotatable bonds is 2. The first-order valence-corrected chi connectivity index (χ1v) is 5.38. The van der Waals surface area contributed by atoms with Crippen molar-refractivity contribution in [2.75, 3.05) is 0 Å². The lowest BCUT2D eigenvalue weighted by molar-refractivity contribution is 1.24. The van der Waals surface area contributed by atoms with Crippen LogP contribution in [0.25, 0.3) is 0 Å². The van der Waals surface area contributed by atoms with Gasteiger partial charge >= 0.3 is 0 Å². The highest BCUT2D eigenvalue weighted by atomic mass is 35.5. The summed E-state index contributed by atoms with van der Waals surface area (Å²) in [6, 6.07) is 12.2. The zero-order valence-corrected chi connectivity index (χ0v) is 8.61. The Balaban J connectivity index is 2.24. The second-order valence-corrected chi connectivity index (χ2v) is 4.29. The third kappa shape index (κ3) is 2.11. The Labute approximate surface area is 86.8 Å². The smallest absolute Gasteiger partial charge is 0.0441 e. The van der Waals surface area contributed by atoms with Gasteiger partial charge in [0, 0.05) is 16.3 Å². The molecule has 0 amide bonds. The van der Waals surface area contributed by atoms with Gasteiger partial charge in [-0.05, 0) is 23.1 Å². The molecule has 0 bridgehead atoms. The summed E-state index contributed by atoms with van der Waals surface area (Å²) in [6.07, 6.45) is 0.942. The summed E-state index contributed by atoms with van der Waals surface area (Å²) in [7, 11) is 0. The zero-order valence-electron chi connectivity index (χ0n) is 7.03. The molecule has 0 nitrogen and oxygen atoms in total. The first kappa shape index (κ1) is 8.79. The molecule has 13 heavy (non-hydrogen) atoms. The SMILES string of the molecule is Clc1ccccc1Cc1cccs1. The molecule has 0 unspecified atom stereocenters. The predicted octanol–water partition coefficient (Wildman–Crippen LogP) is 3.99. The standard InChI is InChI=1S/C11H9ClS/c12-11-6-2-1-4-9(11)8-10-5-3-7-13-10/h1-7H,8H2. The fraction of sp³-hybridized carbons (Fsp3) is 0.0909. The van der Waals surface area contributed by atoms with Gasteiger partial charge in [0.1, 0.15) is 0 Å². The number of thiophene rings is 1. The van der Waals surface area contributed by atoms with E-state index in [0.29, 0.717) is 0 Å². The quantitative estimate of drug-likeness (QED) is 0.700. The van der Waals surface area contributed by atoms with Crippen LogP contribution in [0.3, 0.4) is 0 Å². The maximum absolute atomic E-state index is 6.05. The summed E-state index contributed by atoms with van der Waals surface area (Å²) >= 11 is 7.81. The molecule has 2 aromatic rings. The molecule has 0 atom stereocenters.